The van der Waals surface area contributed by atoms with Crippen LogP contribution in [0, 0.1) is 11.3 Å². The molecule has 2 aromatic rings. The minimum atomic E-state index is -0.149. The van der Waals surface area contributed by atoms with Crippen molar-refractivity contribution >= 4 is 35.0 Å². The van der Waals surface area contributed by atoms with Crippen LogP contribution in [0.3, 0.4) is 0 Å². The van der Waals surface area contributed by atoms with Crippen LogP contribution in [0.4, 0.5) is 5.69 Å². The Morgan fingerprint density at radius 3 is 2.89 bits per heavy atom. The third kappa shape index (κ3) is 6.46. The van der Waals surface area contributed by atoms with Crippen molar-refractivity contribution in [1.82, 2.24) is 4.98 Å². The molecule has 0 fully saturated rings. The Labute approximate surface area is 169 Å². The fourth-order valence-corrected chi connectivity index (χ4v) is 3.51. The first kappa shape index (κ1) is 21.1. The summed E-state index contributed by atoms with van der Waals surface area (Å²) >= 11 is 7.40. The molecule has 5 nitrogen and oxygen atoms in total. The molecule has 2 rings (SSSR count). The number of hydrogen-bond donors (Lipinski definition) is 1. The van der Waals surface area contributed by atoms with E-state index in [1.807, 2.05) is 6.07 Å². The second-order valence-corrected chi connectivity index (χ2v) is 7.38. The van der Waals surface area contributed by atoms with Gasteiger partial charge in [-0.2, -0.15) is 5.26 Å². The van der Waals surface area contributed by atoms with Crippen LogP contribution in [0.2, 0.25) is 5.02 Å². The van der Waals surface area contributed by atoms with Gasteiger partial charge in [0.1, 0.15) is 16.8 Å². The van der Waals surface area contributed by atoms with Crippen molar-refractivity contribution in [2.24, 2.45) is 0 Å². The highest BCUT2D eigenvalue weighted by Gasteiger charge is 2.11. The van der Waals surface area contributed by atoms with Gasteiger partial charge in [0, 0.05) is 22.9 Å². The predicted molar refractivity (Wildman–Crippen MR) is 110 cm³/mol. The molecule has 1 aromatic heterocycles. The van der Waals surface area contributed by atoms with E-state index in [4.69, 9.17) is 16.3 Å². The molecular formula is C20H22ClN3O2S. The van der Waals surface area contributed by atoms with E-state index in [1.165, 1.54) is 18.9 Å². The number of thioether (sulfide) groups is 1. The van der Waals surface area contributed by atoms with E-state index in [0.29, 0.717) is 32.8 Å². The van der Waals surface area contributed by atoms with Gasteiger partial charge >= 0.3 is 0 Å². The maximum Gasteiger partial charge on any atom is 0.225 e. The molecule has 0 unspecified atom stereocenters. The molecule has 1 amide bonds. The van der Waals surface area contributed by atoms with Gasteiger partial charge < -0.3 is 10.1 Å². The zero-order valence-corrected chi connectivity index (χ0v) is 17.0. The van der Waals surface area contributed by atoms with E-state index >= 15 is 0 Å². The smallest absolute Gasteiger partial charge is 0.225 e. The average molecular weight is 404 g/mol. The van der Waals surface area contributed by atoms with Gasteiger partial charge in [-0.25, -0.2) is 4.98 Å². The number of nitrogens with one attached hydrogen (secondary N) is 1. The zero-order chi connectivity index (χ0) is 19.6. The Morgan fingerprint density at radius 1 is 1.37 bits per heavy atom. The van der Waals surface area contributed by atoms with Crippen molar-refractivity contribution in [2.45, 2.75) is 37.6 Å². The minimum absolute atomic E-state index is 0.149. The number of rotatable bonds is 9. The summed E-state index contributed by atoms with van der Waals surface area (Å²) < 4.78 is 5.23. The number of benzene rings is 1. The summed E-state index contributed by atoms with van der Waals surface area (Å²) in [7, 11) is 1.54. The lowest BCUT2D eigenvalue weighted by atomic mass is 10.2. The van der Waals surface area contributed by atoms with Gasteiger partial charge in [0.25, 0.3) is 0 Å². The molecule has 0 aliphatic rings. The standard InChI is InChI=1S/C20H22ClN3O2S/c1-3-4-5-16-8-6-14(13-22)20(23-16)27-11-10-19(25)24-17-12-15(21)7-9-18(17)26-2/h6-9,12H,3-5,10-11H2,1-2H3,(H,24,25). The molecule has 7 heteroatoms. The molecule has 0 bridgehead atoms. The number of anilines is 1. The first-order chi connectivity index (χ1) is 13.1. The third-order valence-corrected chi connectivity index (χ3v) is 5.06. The monoisotopic (exact) mass is 403 g/mol. The molecule has 0 radical (unpaired) electrons. The molecule has 0 aliphatic carbocycles. The van der Waals surface area contributed by atoms with E-state index in [0.717, 1.165) is 25.0 Å². The zero-order valence-electron chi connectivity index (χ0n) is 15.4. The van der Waals surface area contributed by atoms with Crippen LogP contribution in [0.15, 0.2) is 35.4 Å². The van der Waals surface area contributed by atoms with Gasteiger partial charge in [0.05, 0.1) is 18.4 Å². The Balaban J connectivity index is 1.95. The highest BCUT2D eigenvalue weighted by molar-refractivity contribution is 7.99. The lowest BCUT2D eigenvalue weighted by Crippen LogP contribution is -2.13. The first-order valence-electron chi connectivity index (χ1n) is 8.73. The van der Waals surface area contributed by atoms with E-state index in [1.54, 1.807) is 24.3 Å². The van der Waals surface area contributed by atoms with Crippen LogP contribution in [-0.4, -0.2) is 23.8 Å². The number of carbonyl (C=O) groups excluding carboxylic acids is 1. The number of pyridine rings is 1. The number of methoxy groups -OCH3 is 1. The van der Waals surface area contributed by atoms with Gasteiger partial charge in [-0.1, -0.05) is 24.9 Å². The second kappa shape index (κ2) is 10.8. The summed E-state index contributed by atoms with van der Waals surface area (Å²) in [4.78, 5) is 16.8. The van der Waals surface area contributed by atoms with Crippen molar-refractivity contribution < 1.29 is 9.53 Å². The summed E-state index contributed by atoms with van der Waals surface area (Å²) in [5.41, 5.74) is 2.06. The molecule has 1 N–H and O–H groups in total. The molecule has 0 spiro atoms. The van der Waals surface area contributed by atoms with Gasteiger partial charge in [-0.15, -0.1) is 11.8 Å². The SMILES string of the molecule is CCCCc1ccc(C#N)c(SCCC(=O)Nc2cc(Cl)ccc2OC)n1. The number of aromatic nitrogens is 1. The first-order valence-corrected chi connectivity index (χ1v) is 10.1. The minimum Gasteiger partial charge on any atom is -0.495 e. The summed E-state index contributed by atoms with van der Waals surface area (Å²) in [5, 5.41) is 13.3. The summed E-state index contributed by atoms with van der Waals surface area (Å²) in [5.74, 6) is 0.925. The largest absolute Gasteiger partial charge is 0.495 e. The summed E-state index contributed by atoms with van der Waals surface area (Å²) in [6.45, 7) is 2.13. The van der Waals surface area contributed by atoms with Crippen LogP contribution in [-0.2, 0) is 11.2 Å². The summed E-state index contributed by atoms with van der Waals surface area (Å²) in [6.07, 6.45) is 3.33. The third-order valence-electron chi connectivity index (χ3n) is 3.83. The maximum absolute atomic E-state index is 12.2. The molecular weight excluding hydrogens is 382 g/mol. The number of unbranched alkanes of at least 4 members (excludes halogenated alkanes) is 1. The fourth-order valence-electron chi connectivity index (χ4n) is 2.40. The Kier molecular flexibility index (Phi) is 8.43. The molecule has 0 aliphatic heterocycles. The lowest BCUT2D eigenvalue weighted by molar-refractivity contribution is -0.115. The number of nitrogens with zero attached hydrogens (tertiary/aromatic N) is 2. The van der Waals surface area contributed by atoms with Gasteiger partial charge in [0.15, 0.2) is 0 Å². The highest BCUT2D eigenvalue weighted by atomic mass is 35.5. The van der Waals surface area contributed by atoms with Gasteiger partial charge in [-0.3, -0.25) is 4.79 Å². The van der Waals surface area contributed by atoms with Crippen molar-refractivity contribution in [2.75, 3.05) is 18.2 Å². The van der Waals surface area contributed by atoms with E-state index in [9.17, 15) is 10.1 Å². The topological polar surface area (TPSA) is 75.0 Å². The lowest BCUT2D eigenvalue weighted by Gasteiger charge is -2.10. The normalized spacial score (nSPS) is 10.3. The molecule has 1 heterocycles. The Morgan fingerprint density at radius 2 is 2.19 bits per heavy atom. The van der Waals surface area contributed by atoms with E-state index in [2.05, 4.69) is 23.3 Å². The molecule has 1 aromatic carbocycles. The Hall–Kier alpha value is -2.23. The van der Waals surface area contributed by atoms with Gasteiger partial charge in [0.2, 0.25) is 5.91 Å². The Bertz CT molecular complexity index is 836. The number of hydrogen-bond acceptors (Lipinski definition) is 5. The number of ether oxygens (including phenoxy) is 1. The van der Waals surface area contributed by atoms with Crippen LogP contribution in [0.5, 0.6) is 5.75 Å². The van der Waals surface area contributed by atoms with Crippen LogP contribution in [0.1, 0.15) is 37.4 Å². The number of amides is 1. The van der Waals surface area contributed by atoms with Crippen molar-refractivity contribution in [3.8, 4) is 11.8 Å². The molecule has 142 valence electrons. The predicted octanol–water partition coefficient (Wildman–Crippen LogP) is 5.08. The maximum atomic E-state index is 12.2. The average Bonchev–Trinajstić information content (AvgIpc) is 2.66. The van der Waals surface area contributed by atoms with Crippen LogP contribution in [0.25, 0.3) is 0 Å². The van der Waals surface area contributed by atoms with E-state index in [-0.39, 0.29) is 12.3 Å². The van der Waals surface area contributed by atoms with Gasteiger partial charge in [-0.05, 0) is 43.2 Å². The quantitative estimate of drug-likeness (QED) is 0.591. The van der Waals surface area contributed by atoms with Crippen LogP contribution >= 0.6 is 23.4 Å². The number of aryl methyl sites for hydroxylation is 1. The molecule has 27 heavy (non-hydrogen) atoms. The molecule has 0 atom stereocenters. The van der Waals surface area contributed by atoms with Crippen LogP contribution < -0.4 is 10.1 Å². The van der Waals surface area contributed by atoms with Crippen molar-refractivity contribution in [3.05, 3.63) is 46.6 Å². The van der Waals surface area contributed by atoms with E-state index < -0.39 is 0 Å². The number of carbonyl (C=O) groups is 1. The molecule has 0 saturated heterocycles. The second-order valence-electron chi connectivity index (χ2n) is 5.86. The fraction of sp³-hybridized carbons (Fsp3) is 0.350. The molecule has 0 saturated carbocycles. The van der Waals surface area contributed by atoms with Crippen molar-refractivity contribution in [1.29, 1.82) is 5.26 Å². The van der Waals surface area contributed by atoms with Crippen molar-refractivity contribution in [3.63, 3.8) is 0 Å². The number of halogens is 1. The highest BCUT2D eigenvalue weighted by Crippen LogP contribution is 2.28. The summed E-state index contributed by atoms with van der Waals surface area (Å²) in [6, 6.07) is 10.9. The number of nitriles is 1.